The van der Waals surface area contributed by atoms with E-state index in [1.165, 1.54) is 6.08 Å². The summed E-state index contributed by atoms with van der Waals surface area (Å²) in [5.41, 5.74) is 6.15. The highest BCUT2D eigenvalue weighted by atomic mass is 35.5. The molecule has 0 saturated carbocycles. The number of benzene rings is 1. The van der Waals surface area contributed by atoms with Gasteiger partial charge in [-0.05, 0) is 37.3 Å². The number of piperidine rings is 1. The molecule has 8 heteroatoms. The number of aliphatic hydroxyl groups excluding tert-OH is 1. The lowest BCUT2D eigenvalue weighted by Crippen LogP contribution is -2.46. The van der Waals surface area contributed by atoms with Crippen molar-refractivity contribution in [3.8, 4) is 0 Å². The zero-order chi connectivity index (χ0) is 20.9. The van der Waals surface area contributed by atoms with Crippen molar-refractivity contribution in [2.45, 2.75) is 32.8 Å². The highest BCUT2D eigenvalue weighted by Gasteiger charge is 2.36. The molecule has 1 heterocycles. The largest absolute Gasteiger partial charge is 0.391 e. The lowest BCUT2D eigenvalue weighted by Gasteiger charge is -2.42. The molecule has 1 aliphatic heterocycles. The number of nitrogens with zero attached hydrogens (tertiary/aromatic N) is 3. The molecule has 0 radical (unpaired) electrons. The summed E-state index contributed by atoms with van der Waals surface area (Å²) >= 11 is 12.4. The molecular weight excluding hydrogens is 399 g/mol. The lowest BCUT2D eigenvalue weighted by molar-refractivity contribution is -0.104. The number of halogens is 2. The Morgan fingerprint density at radius 2 is 2.07 bits per heavy atom. The number of carbonyl (C=O) groups excluding carboxylic acids is 1. The zero-order valence-corrected chi connectivity index (χ0v) is 18.0. The molecule has 1 aromatic rings. The lowest BCUT2D eigenvalue weighted by atomic mass is 9.75. The number of amidine groups is 1. The maximum Gasteiger partial charge on any atom is 0.146 e. The van der Waals surface area contributed by atoms with Gasteiger partial charge in [-0.2, -0.15) is 0 Å². The van der Waals surface area contributed by atoms with Crippen LogP contribution in [0.25, 0.3) is 0 Å². The van der Waals surface area contributed by atoms with E-state index in [1.807, 2.05) is 31.0 Å². The van der Waals surface area contributed by atoms with Crippen molar-refractivity contribution < 1.29 is 9.90 Å². The average molecular weight is 427 g/mol. The van der Waals surface area contributed by atoms with Gasteiger partial charge in [0.05, 0.1) is 21.8 Å². The summed E-state index contributed by atoms with van der Waals surface area (Å²) in [6, 6.07) is 5.41. The van der Waals surface area contributed by atoms with E-state index in [4.69, 9.17) is 28.9 Å². The first-order valence-corrected chi connectivity index (χ1v) is 10.0. The van der Waals surface area contributed by atoms with Gasteiger partial charge in [-0.15, -0.1) is 0 Å². The summed E-state index contributed by atoms with van der Waals surface area (Å²) in [5.74, 6) is 1.26. The Bertz CT molecular complexity index is 759. The van der Waals surface area contributed by atoms with Gasteiger partial charge in [-0.25, -0.2) is 4.99 Å². The fourth-order valence-electron chi connectivity index (χ4n) is 3.31. The summed E-state index contributed by atoms with van der Waals surface area (Å²) in [5, 5.41) is 11.1. The highest BCUT2D eigenvalue weighted by molar-refractivity contribution is 6.44. The van der Waals surface area contributed by atoms with Gasteiger partial charge in [0.2, 0.25) is 0 Å². The van der Waals surface area contributed by atoms with Gasteiger partial charge in [0, 0.05) is 32.8 Å². The second kappa shape index (κ2) is 9.74. The number of allylic oxidation sites excluding steroid dienone is 1. The minimum atomic E-state index is -0.533. The summed E-state index contributed by atoms with van der Waals surface area (Å²) in [6.45, 7) is 5.52. The highest BCUT2D eigenvalue weighted by Crippen LogP contribution is 2.36. The van der Waals surface area contributed by atoms with E-state index in [-0.39, 0.29) is 12.0 Å². The normalized spacial score (nSPS) is 18.8. The molecule has 6 nitrogen and oxygen atoms in total. The molecule has 0 aliphatic carbocycles. The SMILES string of the molecule is C/C(=N/C(=C\C=O)N1CCC(C)(C(O)CN)CC1)N(C)c1cccc(Cl)c1Cl. The zero-order valence-electron chi connectivity index (χ0n) is 16.5. The molecular formula is C20H28Cl2N4O2. The molecule has 154 valence electrons. The van der Waals surface area contributed by atoms with Gasteiger partial charge in [0.25, 0.3) is 0 Å². The third-order valence-electron chi connectivity index (χ3n) is 5.53. The van der Waals surface area contributed by atoms with Crippen LogP contribution in [0.15, 0.2) is 35.1 Å². The van der Waals surface area contributed by atoms with Gasteiger partial charge in [-0.3, -0.25) is 4.79 Å². The van der Waals surface area contributed by atoms with Crippen LogP contribution in [0, 0.1) is 5.41 Å². The molecule has 0 aromatic heterocycles. The van der Waals surface area contributed by atoms with E-state index in [1.54, 1.807) is 6.07 Å². The van der Waals surface area contributed by atoms with Gasteiger partial charge < -0.3 is 20.6 Å². The molecule has 1 unspecified atom stereocenters. The predicted octanol–water partition coefficient (Wildman–Crippen LogP) is 3.31. The number of hydrogen-bond donors (Lipinski definition) is 2. The van der Waals surface area contributed by atoms with Crippen LogP contribution in [0.3, 0.4) is 0 Å². The van der Waals surface area contributed by atoms with Crippen LogP contribution in [0.4, 0.5) is 5.69 Å². The topological polar surface area (TPSA) is 82.2 Å². The smallest absolute Gasteiger partial charge is 0.146 e. The Labute approximate surface area is 176 Å². The number of carbonyl (C=O) groups is 1. The van der Waals surface area contributed by atoms with Crippen molar-refractivity contribution in [3.05, 3.63) is 40.1 Å². The van der Waals surface area contributed by atoms with Crippen LogP contribution in [0.1, 0.15) is 26.7 Å². The quantitative estimate of drug-likeness (QED) is 0.315. The predicted molar refractivity (Wildman–Crippen MR) is 116 cm³/mol. The van der Waals surface area contributed by atoms with E-state index in [2.05, 4.69) is 16.8 Å². The number of rotatable bonds is 6. The van der Waals surface area contributed by atoms with E-state index in [0.29, 0.717) is 34.8 Å². The molecule has 3 N–H and O–H groups in total. The van der Waals surface area contributed by atoms with E-state index >= 15 is 0 Å². The molecule has 1 atom stereocenters. The third kappa shape index (κ3) is 5.06. The molecule has 28 heavy (non-hydrogen) atoms. The molecule has 1 saturated heterocycles. The van der Waals surface area contributed by atoms with Gasteiger partial charge in [0.15, 0.2) is 0 Å². The van der Waals surface area contributed by atoms with Crippen molar-refractivity contribution in [2.75, 3.05) is 31.6 Å². The summed E-state index contributed by atoms with van der Waals surface area (Å²) in [7, 11) is 1.85. The summed E-state index contributed by atoms with van der Waals surface area (Å²) in [6.07, 6.45) is 3.20. The minimum Gasteiger partial charge on any atom is -0.391 e. The number of aliphatic imine (C=N–C) groups is 1. The number of aldehydes is 1. The van der Waals surface area contributed by atoms with E-state index in [0.717, 1.165) is 24.8 Å². The van der Waals surface area contributed by atoms with E-state index < -0.39 is 6.10 Å². The molecule has 1 fully saturated rings. The first-order chi connectivity index (χ1) is 13.2. The fourth-order valence-corrected chi connectivity index (χ4v) is 3.73. The number of aliphatic hydroxyl groups is 1. The Kier molecular flexibility index (Phi) is 7.89. The summed E-state index contributed by atoms with van der Waals surface area (Å²) < 4.78 is 0. The maximum atomic E-state index is 11.2. The Hall–Kier alpha value is -1.60. The molecule has 1 aliphatic rings. The molecule has 0 bridgehead atoms. The van der Waals surface area contributed by atoms with Crippen LogP contribution in [0.2, 0.25) is 10.0 Å². The van der Waals surface area contributed by atoms with E-state index in [9.17, 15) is 9.90 Å². The van der Waals surface area contributed by atoms with Crippen molar-refractivity contribution in [3.63, 3.8) is 0 Å². The fraction of sp³-hybridized carbons (Fsp3) is 0.500. The van der Waals surface area contributed by atoms with Crippen LogP contribution in [0.5, 0.6) is 0 Å². The van der Waals surface area contributed by atoms with Crippen molar-refractivity contribution >= 4 is 41.0 Å². The van der Waals surface area contributed by atoms with Crippen LogP contribution >= 0.6 is 23.2 Å². The first-order valence-electron chi connectivity index (χ1n) is 9.25. The van der Waals surface area contributed by atoms with Gasteiger partial charge in [-0.1, -0.05) is 36.2 Å². The number of hydrogen-bond acceptors (Lipinski definition) is 5. The average Bonchev–Trinajstić information content (AvgIpc) is 2.69. The first kappa shape index (κ1) is 22.7. The third-order valence-corrected chi connectivity index (χ3v) is 6.34. The van der Waals surface area contributed by atoms with Gasteiger partial charge >= 0.3 is 0 Å². The van der Waals surface area contributed by atoms with Crippen LogP contribution in [-0.4, -0.2) is 54.9 Å². The molecule has 1 aromatic carbocycles. The Morgan fingerprint density at radius 3 is 2.64 bits per heavy atom. The Morgan fingerprint density at radius 1 is 1.43 bits per heavy atom. The molecule has 2 rings (SSSR count). The van der Waals surface area contributed by atoms with Crippen LogP contribution in [-0.2, 0) is 4.79 Å². The van der Waals surface area contributed by atoms with Crippen LogP contribution < -0.4 is 10.6 Å². The van der Waals surface area contributed by atoms with Gasteiger partial charge in [0.1, 0.15) is 17.9 Å². The number of nitrogens with two attached hydrogens (primary N) is 1. The molecule has 0 spiro atoms. The summed E-state index contributed by atoms with van der Waals surface area (Å²) in [4.78, 5) is 19.7. The van der Waals surface area contributed by atoms with Crippen molar-refractivity contribution in [1.82, 2.24) is 4.90 Å². The van der Waals surface area contributed by atoms with Crippen molar-refractivity contribution in [2.24, 2.45) is 16.1 Å². The second-order valence-corrected chi connectivity index (χ2v) is 8.13. The maximum absolute atomic E-state index is 11.2. The second-order valence-electron chi connectivity index (χ2n) is 7.34. The minimum absolute atomic E-state index is 0.221. The monoisotopic (exact) mass is 426 g/mol. The molecule has 0 amide bonds. The Balaban J connectivity index is 2.19. The number of likely N-dealkylation sites (tertiary alicyclic amines) is 1. The number of anilines is 1. The standard InChI is InChI=1S/C20H28Cl2N4O2/c1-14(25(3)16-6-4-5-15(21)19(16)22)24-18(7-12-27)26-10-8-20(2,9-11-26)17(28)13-23/h4-7,12,17,28H,8-11,13,23H2,1-3H3/b18-7+,24-14-. The van der Waals surface area contributed by atoms with Crippen molar-refractivity contribution in [1.29, 1.82) is 0 Å².